The van der Waals surface area contributed by atoms with E-state index in [9.17, 15) is 4.79 Å². The van der Waals surface area contributed by atoms with Crippen molar-refractivity contribution in [2.75, 3.05) is 0 Å². The summed E-state index contributed by atoms with van der Waals surface area (Å²) in [7, 11) is 0. The Balaban J connectivity index is 2.04. The molecule has 0 saturated heterocycles. The molecular formula is C17H12BrNO2. The van der Waals surface area contributed by atoms with Gasteiger partial charge >= 0.3 is 5.97 Å². The van der Waals surface area contributed by atoms with Crippen LogP contribution in [0, 0.1) is 0 Å². The second kappa shape index (κ2) is 5.66. The van der Waals surface area contributed by atoms with Crippen molar-refractivity contribution in [1.82, 2.24) is 0 Å². The van der Waals surface area contributed by atoms with Crippen LogP contribution in [0.2, 0.25) is 0 Å². The van der Waals surface area contributed by atoms with Gasteiger partial charge in [0.1, 0.15) is 0 Å². The number of hydrogen-bond donors (Lipinski definition) is 0. The minimum absolute atomic E-state index is 0.318. The maximum absolute atomic E-state index is 11.6. The molecule has 2 aromatic rings. The van der Waals surface area contributed by atoms with Crippen molar-refractivity contribution < 1.29 is 9.53 Å². The highest BCUT2D eigenvalue weighted by Gasteiger charge is 2.20. The van der Waals surface area contributed by atoms with Crippen LogP contribution in [0.5, 0.6) is 0 Å². The van der Waals surface area contributed by atoms with E-state index in [0.717, 1.165) is 21.2 Å². The summed E-state index contributed by atoms with van der Waals surface area (Å²) >= 11 is 3.50. The maximum atomic E-state index is 11.6. The van der Waals surface area contributed by atoms with Crippen LogP contribution in [0.3, 0.4) is 0 Å². The van der Waals surface area contributed by atoms with E-state index in [1.807, 2.05) is 48.5 Å². The molecule has 0 fully saturated rings. The Morgan fingerprint density at radius 2 is 1.86 bits per heavy atom. The number of nitrogens with zero attached hydrogens (tertiary/aromatic N) is 1. The summed E-state index contributed by atoms with van der Waals surface area (Å²) in [5.74, 6) is -0.0360. The number of cyclic esters (lactones) is 1. The lowest BCUT2D eigenvalue weighted by molar-refractivity contribution is -0.130. The van der Waals surface area contributed by atoms with Crippen LogP contribution in [0.25, 0.3) is 17.2 Å². The first-order valence-corrected chi connectivity index (χ1v) is 7.27. The molecule has 0 radical (unpaired) electrons. The van der Waals surface area contributed by atoms with E-state index in [4.69, 9.17) is 4.74 Å². The molecule has 0 aromatic heterocycles. The molecule has 3 nitrogen and oxygen atoms in total. The molecule has 4 heteroatoms. The Kier molecular flexibility index (Phi) is 3.71. The average molecular weight is 342 g/mol. The van der Waals surface area contributed by atoms with Crippen molar-refractivity contribution in [2.24, 2.45) is 4.99 Å². The molecule has 0 unspecified atom stereocenters. The van der Waals surface area contributed by atoms with Gasteiger partial charge in [-0.25, -0.2) is 9.79 Å². The zero-order chi connectivity index (χ0) is 14.8. The van der Waals surface area contributed by atoms with Gasteiger partial charge in [0.15, 0.2) is 11.6 Å². The molecule has 21 heavy (non-hydrogen) atoms. The van der Waals surface area contributed by atoms with Gasteiger partial charge in [-0.15, -0.1) is 0 Å². The third kappa shape index (κ3) is 2.95. The Hall–Kier alpha value is -2.20. The van der Waals surface area contributed by atoms with E-state index < -0.39 is 5.97 Å². The fourth-order valence-corrected chi connectivity index (χ4v) is 2.49. The number of rotatable bonds is 2. The number of hydrogen-bond acceptors (Lipinski definition) is 3. The fourth-order valence-electron chi connectivity index (χ4n) is 2.13. The Bertz CT molecular complexity index is 764. The summed E-state index contributed by atoms with van der Waals surface area (Å²) in [5, 5.41) is 0. The minimum atomic E-state index is -0.412. The van der Waals surface area contributed by atoms with E-state index in [-0.39, 0.29) is 0 Å². The molecule has 1 aliphatic heterocycles. The van der Waals surface area contributed by atoms with Crippen LogP contribution < -0.4 is 0 Å². The van der Waals surface area contributed by atoms with Gasteiger partial charge in [0.25, 0.3) is 0 Å². The van der Waals surface area contributed by atoms with E-state index in [0.29, 0.717) is 11.6 Å². The predicted molar refractivity (Wildman–Crippen MR) is 86.8 cm³/mol. The number of esters is 1. The summed E-state index contributed by atoms with van der Waals surface area (Å²) in [4.78, 5) is 15.7. The predicted octanol–water partition coefficient (Wildman–Crippen LogP) is 4.43. The van der Waals surface area contributed by atoms with Gasteiger partial charge in [-0.2, -0.15) is 0 Å². The zero-order valence-corrected chi connectivity index (χ0v) is 12.9. The Morgan fingerprint density at radius 1 is 1.10 bits per heavy atom. The molecule has 1 heterocycles. The van der Waals surface area contributed by atoms with Gasteiger partial charge in [-0.05, 0) is 34.9 Å². The molecular weight excluding hydrogens is 330 g/mol. The number of aliphatic imine (C=N–C) groups is 1. The summed E-state index contributed by atoms with van der Waals surface area (Å²) < 4.78 is 5.83. The smallest absolute Gasteiger partial charge is 0.363 e. The normalized spacial score (nSPS) is 16.0. The first kappa shape index (κ1) is 13.8. The Morgan fingerprint density at radius 3 is 2.52 bits per heavy atom. The molecule has 104 valence electrons. The zero-order valence-electron chi connectivity index (χ0n) is 11.3. The van der Waals surface area contributed by atoms with E-state index in [1.54, 1.807) is 13.0 Å². The van der Waals surface area contributed by atoms with Crippen molar-refractivity contribution in [2.45, 2.75) is 6.92 Å². The van der Waals surface area contributed by atoms with Crippen molar-refractivity contribution in [1.29, 1.82) is 0 Å². The maximum Gasteiger partial charge on any atom is 0.363 e. The molecule has 0 bridgehead atoms. The third-order valence-electron chi connectivity index (χ3n) is 3.12. The number of benzene rings is 2. The summed E-state index contributed by atoms with van der Waals surface area (Å²) in [6.45, 7) is 1.66. The monoisotopic (exact) mass is 341 g/mol. The third-order valence-corrected chi connectivity index (χ3v) is 3.84. The van der Waals surface area contributed by atoms with E-state index >= 15 is 0 Å². The highest BCUT2D eigenvalue weighted by molar-refractivity contribution is 9.10. The van der Waals surface area contributed by atoms with Gasteiger partial charge < -0.3 is 4.74 Å². The first-order chi connectivity index (χ1) is 10.1. The van der Waals surface area contributed by atoms with Crippen LogP contribution in [0.15, 0.2) is 63.7 Å². The molecule has 1 aliphatic rings. The van der Waals surface area contributed by atoms with Crippen LogP contribution in [-0.2, 0) is 9.53 Å². The van der Waals surface area contributed by atoms with Crippen LogP contribution >= 0.6 is 15.9 Å². The Labute approximate surface area is 131 Å². The first-order valence-electron chi connectivity index (χ1n) is 6.47. The standard InChI is InChI=1S/C17H12BrNO2/c1-11-19-16(17(20)21-11)10-14-9-13(7-8-15(14)18)12-5-3-2-4-6-12/h2-10H,1H3/b16-10-. The molecule has 0 N–H and O–H groups in total. The van der Waals surface area contributed by atoms with Crippen molar-refractivity contribution >= 4 is 33.9 Å². The lowest BCUT2D eigenvalue weighted by Gasteiger charge is -2.05. The number of halogens is 1. The molecule has 0 spiro atoms. The molecule has 0 amide bonds. The van der Waals surface area contributed by atoms with Crippen molar-refractivity contribution in [3.05, 3.63) is 64.3 Å². The van der Waals surface area contributed by atoms with Crippen LogP contribution in [-0.4, -0.2) is 11.9 Å². The fraction of sp³-hybridized carbons (Fsp3) is 0.0588. The van der Waals surface area contributed by atoms with Gasteiger partial charge in [0.2, 0.25) is 0 Å². The molecule has 3 rings (SSSR count). The minimum Gasteiger partial charge on any atom is -0.407 e. The van der Waals surface area contributed by atoms with Gasteiger partial charge in [0.05, 0.1) is 0 Å². The number of ether oxygens (including phenoxy) is 1. The SMILES string of the molecule is CC1=N/C(=C\c2cc(-c3ccccc3)ccc2Br)C(=O)O1. The summed E-state index contributed by atoms with van der Waals surface area (Å²) in [6.07, 6.45) is 1.73. The number of carbonyl (C=O) groups excluding carboxylic acids is 1. The topological polar surface area (TPSA) is 38.7 Å². The second-order valence-electron chi connectivity index (χ2n) is 4.65. The van der Waals surface area contributed by atoms with Crippen LogP contribution in [0.1, 0.15) is 12.5 Å². The highest BCUT2D eigenvalue weighted by Crippen LogP contribution is 2.28. The average Bonchev–Trinajstić information content (AvgIpc) is 2.80. The largest absolute Gasteiger partial charge is 0.407 e. The van der Waals surface area contributed by atoms with Gasteiger partial charge in [-0.1, -0.05) is 52.3 Å². The van der Waals surface area contributed by atoms with Crippen molar-refractivity contribution in [3.8, 4) is 11.1 Å². The quantitative estimate of drug-likeness (QED) is 0.598. The van der Waals surface area contributed by atoms with Gasteiger partial charge in [0, 0.05) is 11.4 Å². The second-order valence-corrected chi connectivity index (χ2v) is 5.51. The van der Waals surface area contributed by atoms with Crippen LogP contribution in [0.4, 0.5) is 0 Å². The summed E-state index contributed by atoms with van der Waals surface area (Å²) in [5.41, 5.74) is 3.41. The van der Waals surface area contributed by atoms with Crippen molar-refractivity contribution in [3.63, 3.8) is 0 Å². The van der Waals surface area contributed by atoms with Gasteiger partial charge in [-0.3, -0.25) is 0 Å². The number of carbonyl (C=O) groups is 1. The van der Waals surface area contributed by atoms with E-state index in [1.165, 1.54) is 0 Å². The van der Waals surface area contributed by atoms with E-state index in [2.05, 4.69) is 20.9 Å². The lowest BCUT2D eigenvalue weighted by atomic mass is 10.0. The molecule has 2 aromatic carbocycles. The highest BCUT2D eigenvalue weighted by atomic mass is 79.9. The molecule has 0 atom stereocenters. The molecule has 0 saturated carbocycles. The molecule has 0 aliphatic carbocycles. The lowest BCUT2D eigenvalue weighted by Crippen LogP contribution is -1.99. The summed E-state index contributed by atoms with van der Waals surface area (Å²) in [6, 6.07) is 16.1.